The molecule has 0 aromatic heterocycles. The molecule has 0 radical (unpaired) electrons. The maximum absolute atomic E-state index is 13.6. The number of ketones is 1. The summed E-state index contributed by atoms with van der Waals surface area (Å²) in [5.41, 5.74) is 5.11. The smallest absolute Gasteiger partial charge is 0.155 e. The number of carbonyl (C=O) groups excluding carboxylic acids is 1. The van der Waals surface area contributed by atoms with Crippen molar-refractivity contribution in [3.8, 4) is 11.1 Å². The second-order valence-electron chi connectivity index (χ2n) is 10.1. The second kappa shape index (κ2) is 8.09. The summed E-state index contributed by atoms with van der Waals surface area (Å²) in [5.74, 6) is 0.668. The number of Topliss-reactive ketones (excluding diaryl/α,β-unsaturated/α-hetero) is 1. The molecule has 0 saturated heterocycles. The fraction of sp³-hybridized carbons (Fsp3) is 0.345. The van der Waals surface area contributed by atoms with Crippen LogP contribution < -0.4 is 5.32 Å². The highest BCUT2D eigenvalue weighted by atomic mass is 16.1. The Balaban J connectivity index is 1.97. The predicted molar refractivity (Wildman–Crippen MR) is 129 cm³/mol. The zero-order valence-corrected chi connectivity index (χ0v) is 19.3. The molecule has 0 spiro atoms. The summed E-state index contributed by atoms with van der Waals surface area (Å²) >= 11 is 0. The Hall–Kier alpha value is -2.71. The second-order valence-corrected chi connectivity index (χ2v) is 10.1. The molecule has 0 aliphatic heterocycles. The van der Waals surface area contributed by atoms with E-state index in [1.165, 1.54) is 27.8 Å². The summed E-state index contributed by atoms with van der Waals surface area (Å²) < 4.78 is 0. The minimum Gasteiger partial charge on any atom is -0.297 e. The molecule has 0 saturated carbocycles. The molecular weight excluding hydrogens is 378 g/mol. The van der Waals surface area contributed by atoms with Gasteiger partial charge in [0.25, 0.3) is 0 Å². The van der Waals surface area contributed by atoms with Crippen molar-refractivity contribution >= 4 is 5.78 Å². The lowest BCUT2D eigenvalue weighted by Crippen LogP contribution is -2.54. The molecule has 160 valence electrons. The molecule has 2 nitrogen and oxygen atoms in total. The minimum absolute atomic E-state index is 0.251. The first-order valence-electron chi connectivity index (χ1n) is 11.3. The highest BCUT2D eigenvalue weighted by Crippen LogP contribution is 2.51. The van der Waals surface area contributed by atoms with Crippen molar-refractivity contribution in [1.29, 1.82) is 0 Å². The third kappa shape index (κ3) is 3.74. The average Bonchev–Trinajstić information content (AvgIpc) is 3.04. The van der Waals surface area contributed by atoms with E-state index in [2.05, 4.69) is 98.0 Å². The quantitative estimate of drug-likeness (QED) is 0.496. The maximum atomic E-state index is 13.6. The molecule has 3 aromatic carbocycles. The van der Waals surface area contributed by atoms with Crippen molar-refractivity contribution in [3.05, 3.63) is 95.6 Å². The molecule has 1 N–H and O–H groups in total. The van der Waals surface area contributed by atoms with Gasteiger partial charge in [-0.15, -0.1) is 0 Å². The van der Waals surface area contributed by atoms with Crippen LogP contribution in [0.25, 0.3) is 11.1 Å². The lowest BCUT2D eigenvalue weighted by molar-refractivity contribution is -0.129. The van der Waals surface area contributed by atoms with E-state index >= 15 is 0 Å². The number of hydrogen-bond acceptors (Lipinski definition) is 2. The van der Waals surface area contributed by atoms with E-state index < -0.39 is 11.0 Å². The normalized spacial score (nSPS) is 15.4. The fourth-order valence-corrected chi connectivity index (χ4v) is 4.96. The van der Waals surface area contributed by atoms with Crippen molar-refractivity contribution in [2.75, 3.05) is 0 Å². The maximum Gasteiger partial charge on any atom is 0.155 e. The van der Waals surface area contributed by atoms with Crippen molar-refractivity contribution in [2.45, 2.75) is 52.6 Å². The van der Waals surface area contributed by atoms with Crippen LogP contribution in [0.2, 0.25) is 0 Å². The van der Waals surface area contributed by atoms with Crippen molar-refractivity contribution in [2.24, 2.45) is 11.3 Å². The monoisotopic (exact) mass is 411 g/mol. The van der Waals surface area contributed by atoms with Gasteiger partial charge in [-0.05, 0) is 40.2 Å². The highest BCUT2D eigenvalue weighted by Gasteiger charge is 2.47. The van der Waals surface area contributed by atoms with Gasteiger partial charge in [0.15, 0.2) is 5.78 Å². The molecule has 1 aliphatic rings. The van der Waals surface area contributed by atoms with E-state index in [0.717, 1.165) is 6.42 Å². The lowest BCUT2D eigenvalue weighted by Gasteiger charge is -2.39. The highest BCUT2D eigenvalue weighted by molar-refractivity contribution is 5.90. The number of benzene rings is 3. The number of fused-ring (bicyclic) bond motifs is 3. The lowest BCUT2D eigenvalue weighted by atomic mass is 9.77. The van der Waals surface area contributed by atoms with Crippen LogP contribution in [0.5, 0.6) is 0 Å². The first-order valence-corrected chi connectivity index (χ1v) is 11.3. The first kappa shape index (κ1) is 21.5. The van der Waals surface area contributed by atoms with E-state index in [1.54, 1.807) is 0 Å². The largest absolute Gasteiger partial charge is 0.297 e. The van der Waals surface area contributed by atoms with Crippen molar-refractivity contribution < 1.29 is 4.79 Å². The average molecular weight is 412 g/mol. The van der Waals surface area contributed by atoms with Crippen LogP contribution in [0, 0.1) is 11.3 Å². The van der Waals surface area contributed by atoms with Gasteiger partial charge in [0, 0.05) is 5.41 Å². The summed E-state index contributed by atoms with van der Waals surface area (Å²) in [6.07, 6.45) is 0.801. The molecule has 4 rings (SSSR count). The van der Waals surface area contributed by atoms with Crippen LogP contribution in [-0.2, 0) is 10.3 Å². The summed E-state index contributed by atoms with van der Waals surface area (Å²) in [6, 6.07) is 27.6. The molecule has 1 atom stereocenters. The van der Waals surface area contributed by atoms with Crippen molar-refractivity contribution in [3.63, 3.8) is 0 Å². The van der Waals surface area contributed by atoms with Gasteiger partial charge >= 0.3 is 0 Å². The van der Waals surface area contributed by atoms with Crippen LogP contribution >= 0.6 is 0 Å². The number of carbonyl (C=O) groups is 1. The van der Waals surface area contributed by atoms with Gasteiger partial charge < -0.3 is 0 Å². The van der Waals surface area contributed by atoms with Crippen molar-refractivity contribution in [1.82, 2.24) is 5.32 Å². The van der Waals surface area contributed by atoms with Gasteiger partial charge in [0.2, 0.25) is 0 Å². The van der Waals surface area contributed by atoms with Crippen LogP contribution in [0.15, 0.2) is 78.9 Å². The number of nitrogens with one attached hydrogen (secondary N) is 1. The van der Waals surface area contributed by atoms with E-state index in [4.69, 9.17) is 0 Å². The van der Waals surface area contributed by atoms with Gasteiger partial charge in [-0.1, -0.05) is 113 Å². The van der Waals surface area contributed by atoms with Gasteiger partial charge in [-0.25, -0.2) is 0 Å². The SMILES string of the molecule is CC(C)C[C@H](NC1(c2ccccc2)c2ccccc2-c2ccccc21)C(=O)C(C)(C)C. The molecular formula is C29H33NO. The molecule has 0 bridgehead atoms. The van der Waals surface area contributed by atoms with Crippen LogP contribution in [0.3, 0.4) is 0 Å². The summed E-state index contributed by atoms with van der Waals surface area (Å²) in [4.78, 5) is 13.6. The molecule has 0 heterocycles. The van der Waals surface area contributed by atoms with Crippen LogP contribution in [-0.4, -0.2) is 11.8 Å². The van der Waals surface area contributed by atoms with E-state index in [9.17, 15) is 4.79 Å². The summed E-state index contributed by atoms with van der Waals surface area (Å²) in [7, 11) is 0. The fourth-order valence-electron chi connectivity index (χ4n) is 4.96. The molecule has 0 amide bonds. The van der Waals surface area contributed by atoms with E-state index in [0.29, 0.717) is 5.92 Å². The first-order chi connectivity index (χ1) is 14.7. The van der Waals surface area contributed by atoms with Crippen LogP contribution in [0.4, 0.5) is 0 Å². The molecule has 0 fully saturated rings. The number of hydrogen-bond donors (Lipinski definition) is 1. The zero-order valence-electron chi connectivity index (χ0n) is 19.3. The van der Waals surface area contributed by atoms with Gasteiger partial charge in [0.05, 0.1) is 11.6 Å². The predicted octanol–water partition coefficient (Wildman–Crippen LogP) is 6.58. The Morgan fingerprint density at radius 3 is 1.77 bits per heavy atom. The molecule has 2 heteroatoms. The molecule has 1 aliphatic carbocycles. The third-order valence-corrected chi connectivity index (χ3v) is 6.31. The van der Waals surface area contributed by atoms with Crippen LogP contribution in [0.1, 0.15) is 57.7 Å². The molecule has 31 heavy (non-hydrogen) atoms. The van der Waals surface area contributed by atoms with Gasteiger partial charge in [-0.2, -0.15) is 0 Å². The summed E-state index contributed by atoms with van der Waals surface area (Å²) in [6.45, 7) is 10.5. The number of rotatable bonds is 6. The Labute approximate surface area is 186 Å². The Morgan fingerprint density at radius 2 is 1.29 bits per heavy atom. The Bertz CT molecular complexity index is 1030. The minimum atomic E-state index is -0.561. The Morgan fingerprint density at radius 1 is 0.806 bits per heavy atom. The van der Waals surface area contributed by atoms with E-state index in [-0.39, 0.29) is 11.8 Å². The Kier molecular flexibility index (Phi) is 5.61. The standard InChI is InChI=1S/C29H33NO/c1-20(2)19-26(27(31)28(3,4)5)30-29(21-13-7-6-8-14-21)24-17-11-9-15-22(24)23-16-10-12-18-25(23)29/h6-18,20,26,30H,19H2,1-5H3/t26-/m0/s1. The molecule has 0 unspecified atom stereocenters. The third-order valence-electron chi connectivity index (χ3n) is 6.31. The topological polar surface area (TPSA) is 29.1 Å². The van der Waals surface area contributed by atoms with Gasteiger partial charge in [-0.3, -0.25) is 10.1 Å². The van der Waals surface area contributed by atoms with E-state index in [1.807, 2.05) is 20.8 Å². The van der Waals surface area contributed by atoms with Gasteiger partial charge in [0.1, 0.15) is 0 Å². The zero-order chi connectivity index (χ0) is 22.2. The summed E-state index contributed by atoms with van der Waals surface area (Å²) in [5, 5.41) is 3.95. The molecule has 3 aromatic rings.